The number of ether oxygens (including phenoxy) is 1. The Kier molecular flexibility index (Phi) is 4.29. The van der Waals surface area contributed by atoms with Crippen molar-refractivity contribution < 1.29 is 9.53 Å². The number of carbonyl (C=O) groups is 1. The lowest BCUT2D eigenvalue weighted by atomic mass is 10.2. The molecule has 7 heteroatoms. The second kappa shape index (κ2) is 5.96. The molecule has 0 saturated heterocycles. The van der Waals surface area contributed by atoms with Crippen LogP contribution in [0.5, 0.6) is 0 Å². The average molecular weight is 339 g/mol. The summed E-state index contributed by atoms with van der Waals surface area (Å²) in [7, 11) is 2.99. The van der Waals surface area contributed by atoms with Crippen LogP contribution in [0.25, 0.3) is 0 Å². The highest BCUT2D eigenvalue weighted by Gasteiger charge is 2.22. The highest BCUT2D eigenvalue weighted by atomic mass is 79.9. The molecule has 2 aromatic rings. The molecule has 0 unspecified atom stereocenters. The van der Waals surface area contributed by atoms with Gasteiger partial charge in [0.1, 0.15) is 11.4 Å². The van der Waals surface area contributed by atoms with E-state index in [0.29, 0.717) is 12.4 Å². The zero-order chi connectivity index (χ0) is 14.7. The first kappa shape index (κ1) is 14.4. The molecule has 0 spiro atoms. The van der Waals surface area contributed by atoms with Crippen molar-refractivity contribution in [3.05, 3.63) is 39.9 Å². The first-order valence-electron chi connectivity index (χ1n) is 5.93. The van der Waals surface area contributed by atoms with Crippen molar-refractivity contribution in [2.45, 2.75) is 6.54 Å². The van der Waals surface area contributed by atoms with E-state index in [0.717, 1.165) is 10.0 Å². The number of methoxy groups -OCH3 is 1. The molecule has 0 atom stereocenters. The number of nitrogens with zero attached hydrogens (tertiary/aromatic N) is 2. The summed E-state index contributed by atoms with van der Waals surface area (Å²) < 4.78 is 7.27. The number of aromatic nitrogens is 2. The number of nitrogens with two attached hydrogens (primary N) is 1. The third kappa shape index (κ3) is 2.77. The second-order valence-electron chi connectivity index (χ2n) is 4.14. The number of carbonyl (C=O) groups excluding carboxylic acids is 1. The maximum atomic E-state index is 11.7. The standard InChI is InChI=1S/C13H15BrN4O2/c1-16-12-10(13(19)20-2)11(15)18(17-12)7-8-4-3-5-9(14)6-8/h3-6H,7,15H2,1-2H3,(H,16,17). The minimum atomic E-state index is -0.507. The van der Waals surface area contributed by atoms with Gasteiger partial charge in [-0.2, -0.15) is 5.10 Å². The van der Waals surface area contributed by atoms with Crippen molar-refractivity contribution in [2.75, 3.05) is 25.2 Å². The van der Waals surface area contributed by atoms with E-state index in [2.05, 4.69) is 26.3 Å². The number of hydrogen-bond acceptors (Lipinski definition) is 5. The number of anilines is 2. The van der Waals surface area contributed by atoms with Crippen LogP contribution in [0.15, 0.2) is 28.7 Å². The van der Waals surface area contributed by atoms with E-state index in [1.54, 1.807) is 11.7 Å². The first-order chi connectivity index (χ1) is 9.56. The van der Waals surface area contributed by atoms with E-state index in [4.69, 9.17) is 10.5 Å². The molecule has 0 bridgehead atoms. The summed E-state index contributed by atoms with van der Waals surface area (Å²) in [6.07, 6.45) is 0. The van der Waals surface area contributed by atoms with Crippen molar-refractivity contribution in [1.82, 2.24) is 9.78 Å². The zero-order valence-corrected chi connectivity index (χ0v) is 12.8. The highest BCUT2D eigenvalue weighted by molar-refractivity contribution is 9.10. The van der Waals surface area contributed by atoms with Crippen molar-refractivity contribution in [1.29, 1.82) is 0 Å². The summed E-state index contributed by atoms with van der Waals surface area (Å²) in [5.74, 6) is 0.179. The van der Waals surface area contributed by atoms with E-state index in [-0.39, 0.29) is 11.4 Å². The lowest BCUT2D eigenvalue weighted by Crippen LogP contribution is -2.09. The monoisotopic (exact) mass is 338 g/mol. The molecule has 106 valence electrons. The average Bonchev–Trinajstić information content (AvgIpc) is 2.74. The number of esters is 1. The Labute approximate surface area is 125 Å². The molecule has 20 heavy (non-hydrogen) atoms. The Morgan fingerprint density at radius 1 is 1.55 bits per heavy atom. The van der Waals surface area contributed by atoms with Gasteiger partial charge in [0.2, 0.25) is 0 Å². The fourth-order valence-corrected chi connectivity index (χ4v) is 2.33. The van der Waals surface area contributed by atoms with Gasteiger partial charge in [-0.15, -0.1) is 0 Å². The number of rotatable bonds is 4. The molecule has 1 heterocycles. The van der Waals surface area contributed by atoms with Crippen LogP contribution < -0.4 is 11.1 Å². The van der Waals surface area contributed by atoms with Gasteiger partial charge in [0.05, 0.1) is 13.7 Å². The predicted molar refractivity (Wildman–Crippen MR) is 80.8 cm³/mol. The van der Waals surface area contributed by atoms with Crippen LogP contribution in [-0.2, 0) is 11.3 Å². The quantitative estimate of drug-likeness (QED) is 0.834. The summed E-state index contributed by atoms with van der Waals surface area (Å²) in [6, 6.07) is 7.80. The minimum absolute atomic E-state index is 0.255. The molecule has 6 nitrogen and oxygen atoms in total. The topological polar surface area (TPSA) is 82.2 Å². The van der Waals surface area contributed by atoms with Crippen LogP contribution in [0, 0.1) is 0 Å². The lowest BCUT2D eigenvalue weighted by Gasteiger charge is -2.05. The van der Waals surface area contributed by atoms with Crippen molar-refractivity contribution in [2.24, 2.45) is 0 Å². The molecule has 0 amide bonds. The van der Waals surface area contributed by atoms with Crippen LogP contribution in [0.3, 0.4) is 0 Å². The van der Waals surface area contributed by atoms with E-state index in [1.807, 2.05) is 24.3 Å². The fraction of sp³-hybridized carbons (Fsp3) is 0.231. The summed E-state index contributed by atoms with van der Waals surface area (Å²) in [5, 5.41) is 7.13. The molecule has 0 aliphatic carbocycles. The first-order valence-corrected chi connectivity index (χ1v) is 6.73. The Morgan fingerprint density at radius 3 is 2.90 bits per heavy atom. The molecule has 1 aromatic carbocycles. The van der Waals surface area contributed by atoms with Crippen LogP contribution in [-0.4, -0.2) is 29.9 Å². The van der Waals surface area contributed by atoms with E-state index in [1.165, 1.54) is 7.11 Å². The van der Waals surface area contributed by atoms with Crippen molar-refractivity contribution >= 4 is 33.5 Å². The van der Waals surface area contributed by atoms with E-state index >= 15 is 0 Å². The summed E-state index contributed by atoms with van der Waals surface area (Å²) in [6.45, 7) is 0.469. The fourth-order valence-electron chi connectivity index (χ4n) is 1.88. The Morgan fingerprint density at radius 2 is 2.30 bits per heavy atom. The smallest absolute Gasteiger partial charge is 0.345 e. The van der Waals surface area contributed by atoms with Gasteiger partial charge in [0, 0.05) is 11.5 Å². The lowest BCUT2D eigenvalue weighted by molar-refractivity contribution is 0.0603. The molecule has 0 fully saturated rings. The number of nitrogen functional groups attached to an aromatic ring is 1. The van der Waals surface area contributed by atoms with Crippen molar-refractivity contribution in [3.63, 3.8) is 0 Å². The van der Waals surface area contributed by atoms with Gasteiger partial charge in [0.15, 0.2) is 5.82 Å². The Bertz CT molecular complexity index is 639. The number of nitrogens with one attached hydrogen (secondary N) is 1. The number of benzene rings is 1. The largest absolute Gasteiger partial charge is 0.465 e. The zero-order valence-electron chi connectivity index (χ0n) is 11.2. The Balaban J connectivity index is 2.38. The normalized spacial score (nSPS) is 10.3. The van der Waals surface area contributed by atoms with Gasteiger partial charge in [-0.05, 0) is 17.7 Å². The Hall–Kier alpha value is -2.02. The SMILES string of the molecule is CNc1nn(Cc2cccc(Br)c2)c(N)c1C(=O)OC. The molecule has 2 rings (SSSR count). The number of halogens is 1. The maximum absolute atomic E-state index is 11.7. The predicted octanol–water partition coefficient (Wildman–Crippen LogP) is 2.10. The van der Waals surface area contributed by atoms with E-state index < -0.39 is 5.97 Å². The van der Waals surface area contributed by atoms with Crippen LogP contribution >= 0.6 is 15.9 Å². The van der Waals surface area contributed by atoms with Crippen LogP contribution in [0.2, 0.25) is 0 Å². The molecule has 0 radical (unpaired) electrons. The minimum Gasteiger partial charge on any atom is -0.465 e. The van der Waals surface area contributed by atoms with Crippen molar-refractivity contribution in [3.8, 4) is 0 Å². The molecule has 0 aliphatic heterocycles. The molecule has 1 aromatic heterocycles. The van der Waals surface area contributed by atoms with Gasteiger partial charge in [-0.25, -0.2) is 9.48 Å². The van der Waals surface area contributed by atoms with E-state index in [9.17, 15) is 4.79 Å². The molecule has 0 saturated carbocycles. The second-order valence-corrected chi connectivity index (χ2v) is 5.05. The molecular weight excluding hydrogens is 324 g/mol. The van der Waals surface area contributed by atoms with Gasteiger partial charge in [0.25, 0.3) is 0 Å². The van der Waals surface area contributed by atoms with Gasteiger partial charge in [-0.1, -0.05) is 28.1 Å². The molecular formula is C13H15BrN4O2. The molecule has 0 aliphatic rings. The summed E-state index contributed by atoms with van der Waals surface area (Å²) in [4.78, 5) is 11.7. The molecule has 3 N–H and O–H groups in total. The number of hydrogen-bond donors (Lipinski definition) is 2. The maximum Gasteiger partial charge on any atom is 0.345 e. The van der Waals surface area contributed by atoms with Gasteiger partial charge < -0.3 is 15.8 Å². The summed E-state index contributed by atoms with van der Waals surface area (Å²) >= 11 is 3.41. The highest BCUT2D eigenvalue weighted by Crippen LogP contribution is 2.23. The third-order valence-corrected chi connectivity index (χ3v) is 3.33. The van der Waals surface area contributed by atoms with Gasteiger partial charge in [-0.3, -0.25) is 0 Å². The van der Waals surface area contributed by atoms with Gasteiger partial charge >= 0.3 is 5.97 Å². The van der Waals surface area contributed by atoms with Crippen LogP contribution in [0.1, 0.15) is 15.9 Å². The summed E-state index contributed by atoms with van der Waals surface area (Å²) in [5.41, 5.74) is 7.27. The van der Waals surface area contributed by atoms with Crippen LogP contribution in [0.4, 0.5) is 11.6 Å². The third-order valence-electron chi connectivity index (χ3n) is 2.84.